The quantitative estimate of drug-likeness (QED) is 0.240. The zero-order valence-corrected chi connectivity index (χ0v) is 25.4. The molecule has 5 atom stereocenters. The maximum Gasteiger partial charge on any atom is 0.330 e. The van der Waals surface area contributed by atoms with Gasteiger partial charge in [0.15, 0.2) is 7.98 Å². The van der Waals surface area contributed by atoms with Crippen molar-refractivity contribution in [2.24, 2.45) is 11.3 Å². The maximum atomic E-state index is 13.9. The van der Waals surface area contributed by atoms with E-state index in [1.807, 2.05) is 75.4 Å². The summed E-state index contributed by atoms with van der Waals surface area (Å²) in [5.41, 5.74) is 0.240. The molecular formula is C33H37BN4O6. The predicted molar refractivity (Wildman–Crippen MR) is 167 cm³/mol. The Bertz CT molecular complexity index is 1590. The average molecular weight is 596 g/mol. The van der Waals surface area contributed by atoms with Crippen LogP contribution >= 0.6 is 0 Å². The van der Waals surface area contributed by atoms with Crippen LogP contribution in [-0.2, 0) is 14.4 Å². The van der Waals surface area contributed by atoms with E-state index in [0.717, 1.165) is 10.9 Å². The molecule has 1 unspecified atom stereocenters. The molecule has 228 valence electrons. The van der Waals surface area contributed by atoms with Crippen molar-refractivity contribution in [1.29, 1.82) is 0 Å². The van der Waals surface area contributed by atoms with E-state index in [2.05, 4.69) is 17.1 Å². The Morgan fingerprint density at radius 3 is 2.50 bits per heavy atom. The number of carboxylic acid groups (broad SMARTS) is 1. The summed E-state index contributed by atoms with van der Waals surface area (Å²) in [5.74, 6) is -1.29. The molecule has 3 aromatic rings. The largest absolute Gasteiger partial charge is 0.497 e. The van der Waals surface area contributed by atoms with Crippen LogP contribution < -0.4 is 20.0 Å². The molecule has 10 nitrogen and oxygen atoms in total. The molecule has 11 heteroatoms. The van der Waals surface area contributed by atoms with Crippen molar-refractivity contribution >= 4 is 36.7 Å². The highest BCUT2D eigenvalue weighted by Gasteiger charge is 2.61. The molecule has 2 aliphatic rings. The molecule has 1 aliphatic heterocycles. The van der Waals surface area contributed by atoms with Crippen LogP contribution in [0.3, 0.4) is 0 Å². The summed E-state index contributed by atoms with van der Waals surface area (Å²) < 4.78 is 12.0. The van der Waals surface area contributed by atoms with Crippen LogP contribution in [0, 0.1) is 11.3 Å². The molecule has 2 heterocycles. The van der Waals surface area contributed by atoms with Crippen LogP contribution in [0.5, 0.6) is 11.5 Å². The molecule has 3 N–H and O–H groups in total. The van der Waals surface area contributed by atoms with Crippen molar-refractivity contribution in [3.05, 3.63) is 67.3 Å². The van der Waals surface area contributed by atoms with Crippen molar-refractivity contribution in [3.8, 4) is 22.8 Å². The first-order valence-corrected chi connectivity index (χ1v) is 14.6. The molecule has 0 bridgehead atoms. The summed E-state index contributed by atoms with van der Waals surface area (Å²) in [6.07, 6.45) is 1.33. The lowest BCUT2D eigenvalue weighted by Gasteiger charge is -2.35. The van der Waals surface area contributed by atoms with Gasteiger partial charge in [0.25, 0.3) is 0 Å². The fourth-order valence-corrected chi connectivity index (χ4v) is 5.89. The standard InChI is InChI=1S/C33H37BN4O6/c1-6-20-17-33(20,31(41)42)36-29(39)26-15-22(18-38(26)30(40)28(37-34)32(2,3)4)44-27-16-24(19-10-8-7-9-11-19)35-25-14-21(43-5)12-13-23(25)27/h6-14,16,20,22,26,28,37H,1,15,17-18H2,2-5H3,(H,36,39)(H,41,42)/t20?,22-,26+,28-,33-/m1/s1. The molecule has 2 radical (unpaired) electrons. The number of carbonyl (C=O) groups is 3. The lowest BCUT2D eigenvalue weighted by Crippen LogP contribution is -2.58. The summed E-state index contributed by atoms with van der Waals surface area (Å²) >= 11 is 0. The van der Waals surface area contributed by atoms with Gasteiger partial charge in [0, 0.05) is 35.4 Å². The third-order valence-electron chi connectivity index (χ3n) is 8.50. The molecule has 0 spiro atoms. The number of fused-ring (bicyclic) bond motifs is 1. The second kappa shape index (κ2) is 12.0. The van der Waals surface area contributed by atoms with Crippen molar-refractivity contribution in [3.63, 3.8) is 0 Å². The summed E-state index contributed by atoms with van der Waals surface area (Å²) in [4.78, 5) is 46.0. The molecule has 44 heavy (non-hydrogen) atoms. The van der Waals surface area contributed by atoms with Crippen LogP contribution in [0.2, 0.25) is 0 Å². The second-order valence-corrected chi connectivity index (χ2v) is 12.5. The summed E-state index contributed by atoms with van der Waals surface area (Å²) in [5, 5.41) is 16.0. The van der Waals surface area contributed by atoms with Crippen molar-refractivity contribution < 1.29 is 29.0 Å². The summed E-state index contributed by atoms with van der Waals surface area (Å²) in [6.45, 7) is 9.40. The number of benzene rings is 2. The molecule has 2 aromatic carbocycles. The van der Waals surface area contributed by atoms with Gasteiger partial charge in [-0.2, -0.15) is 0 Å². The number of carbonyl (C=O) groups excluding carboxylic acids is 2. The van der Waals surface area contributed by atoms with E-state index in [-0.39, 0.29) is 25.3 Å². The SMILES string of the molecule is [B]N[C@H](C(=O)N1C[C@H](Oc2cc(-c3ccccc3)nc3cc(OC)ccc23)C[C@H]1C(=O)N[C@]1(C(=O)O)CC1C=C)C(C)(C)C. The van der Waals surface area contributed by atoms with Crippen molar-refractivity contribution in [2.45, 2.75) is 57.3 Å². The number of hydrogen-bond donors (Lipinski definition) is 3. The van der Waals surface area contributed by atoms with E-state index >= 15 is 0 Å². The molecule has 2 amide bonds. The number of ether oxygens (including phenoxy) is 2. The van der Waals surface area contributed by atoms with Crippen LogP contribution in [0.1, 0.15) is 33.6 Å². The summed E-state index contributed by atoms with van der Waals surface area (Å²) in [7, 11) is 7.40. The summed E-state index contributed by atoms with van der Waals surface area (Å²) in [6, 6.07) is 15.3. The topological polar surface area (TPSA) is 130 Å². The molecular weight excluding hydrogens is 559 g/mol. The third kappa shape index (κ3) is 5.88. The van der Waals surface area contributed by atoms with Crippen LogP contribution in [-0.4, -0.2) is 78.1 Å². The number of hydrogen-bond acceptors (Lipinski definition) is 7. The van der Waals surface area contributed by atoms with E-state index in [4.69, 9.17) is 22.4 Å². The van der Waals surface area contributed by atoms with E-state index in [1.165, 1.54) is 11.0 Å². The van der Waals surface area contributed by atoms with Gasteiger partial charge in [-0.25, -0.2) is 9.78 Å². The Morgan fingerprint density at radius 2 is 1.91 bits per heavy atom. The maximum absolute atomic E-state index is 13.9. The number of nitrogens with one attached hydrogen (secondary N) is 2. The van der Waals surface area contributed by atoms with Gasteiger partial charge >= 0.3 is 5.97 Å². The monoisotopic (exact) mass is 596 g/mol. The minimum atomic E-state index is -1.44. The first-order chi connectivity index (χ1) is 20.9. The Morgan fingerprint density at radius 1 is 1.18 bits per heavy atom. The first-order valence-electron chi connectivity index (χ1n) is 14.6. The van der Waals surface area contributed by atoms with Gasteiger partial charge < -0.3 is 30.0 Å². The highest BCUT2D eigenvalue weighted by molar-refractivity contribution is 6.07. The zero-order valence-electron chi connectivity index (χ0n) is 25.4. The third-order valence-corrected chi connectivity index (χ3v) is 8.50. The molecule has 1 saturated carbocycles. The Labute approximate surface area is 258 Å². The van der Waals surface area contributed by atoms with E-state index in [9.17, 15) is 19.5 Å². The highest BCUT2D eigenvalue weighted by atomic mass is 16.5. The fraction of sp³-hybridized carbons (Fsp3) is 0.394. The van der Waals surface area contributed by atoms with Crippen LogP contribution in [0.25, 0.3) is 22.2 Å². The van der Waals surface area contributed by atoms with Gasteiger partial charge in [0.2, 0.25) is 11.8 Å². The molecule has 1 aliphatic carbocycles. The predicted octanol–water partition coefficient (Wildman–Crippen LogP) is 3.49. The Hall–Kier alpha value is -4.38. The smallest absolute Gasteiger partial charge is 0.330 e. The van der Waals surface area contributed by atoms with Gasteiger partial charge in [0.1, 0.15) is 29.2 Å². The van der Waals surface area contributed by atoms with E-state index < -0.39 is 46.9 Å². The Balaban J connectivity index is 1.50. The highest BCUT2D eigenvalue weighted by Crippen LogP contribution is 2.45. The van der Waals surface area contributed by atoms with Gasteiger partial charge in [-0.1, -0.05) is 57.2 Å². The molecule has 1 aromatic heterocycles. The van der Waals surface area contributed by atoms with Crippen molar-refractivity contribution in [2.75, 3.05) is 13.7 Å². The van der Waals surface area contributed by atoms with Gasteiger partial charge in [-0.3, -0.25) is 9.59 Å². The Kier molecular flexibility index (Phi) is 8.44. The number of aromatic nitrogens is 1. The number of amides is 2. The zero-order chi connectivity index (χ0) is 31.8. The van der Waals surface area contributed by atoms with E-state index in [1.54, 1.807) is 7.11 Å². The number of nitrogens with zero attached hydrogens (tertiary/aromatic N) is 2. The van der Waals surface area contributed by atoms with Gasteiger partial charge in [-0.15, -0.1) is 6.58 Å². The lowest BCUT2D eigenvalue weighted by atomic mass is 9.84. The normalized spacial score (nSPS) is 23.5. The molecule has 2 fully saturated rings. The lowest BCUT2D eigenvalue weighted by molar-refractivity contribution is -0.146. The number of carboxylic acids is 1. The van der Waals surface area contributed by atoms with Gasteiger partial charge in [-0.05, 0) is 24.0 Å². The van der Waals surface area contributed by atoms with E-state index in [0.29, 0.717) is 22.7 Å². The van der Waals surface area contributed by atoms with Gasteiger partial charge in [0.05, 0.1) is 30.9 Å². The second-order valence-electron chi connectivity index (χ2n) is 12.5. The minimum Gasteiger partial charge on any atom is -0.497 e. The number of rotatable bonds is 10. The fourth-order valence-electron chi connectivity index (χ4n) is 5.89. The first kappa shape index (κ1) is 31.1. The minimum absolute atomic E-state index is 0.0940. The molecule has 1 saturated heterocycles. The van der Waals surface area contributed by atoms with Crippen molar-refractivity contribution in [1.82, 2.24) is 20.4 Å². The van der Waals surface area contributed by atoms with Crippen LogP contribution in [0.4, 0.5) is 0 Å². The molecule has 5 rings (SSSR count). The number of methoxy groups -OCH3 is 1. The average Bonchev–Trinajstić information content (AvgIpc) is 3.56. The van der Waals surface area contributed by atoms with Crippen LogP contribution in [0.15, 0.2) is 67.3 Å². The number of aliphatic carboxylic acids is 1. The number of likely N-dealkylation sites (tertiary alicyclic amines) is 1. The number of pyridine rings is 1.